The number of alkyl carbamates (subject to hydrolysis) is 1. The topological polar surface area (TPSA) is 56.8 Å². The number of hydrogen-bond donors (Lipinski definition) is 1. The van der Waals surface area contributed by atoms with E-state index in [4.69, 9.17) is 14.2 Å². The second kappa shape index (κ2) is 9.28. The zero-order valence-corrected chi connectivity index (χ0v) is 8.17. The van der Waals surface area contributed by atoms with Crippen LogP contribution in [0.2, 0.25) is 0 Å². The standard InChI is InChI=1S/C8H17NO4/c1-9-8(10)13-7-6-12-5-3-4-11-2/h3-7H2,1-2H3,(H,9,10). The number of carbonyl (C=O) groups is 1. The fourth-order valence-electron chi connectivity index (χ4n) is 0.673. The Kier molecular flexibility index (Phi) is 8.70. The zero-order valence-electron chi connectivity index (χ0n) is 8.17. The molecule has 0 heterocycles. The summed E-state index contributed by atoms with van der Waals surface area (Å²) in [6.07, 6.45) is 0.428. The molecule has 0 radical (unpaired) electrons. The van der Waals surface area contributed by atoms with Gasteiger partial charge in [-0.2, -0.15) is 0 Å². The third kappa shape index (κ3) is 9.10. The highest BCUT2D eigenvalue weighted by atomic mass is 16.6. The van der Waals surface area contributed by atoms with Gasteiger partial charge in [-0.3, -0.25) is 0 Å². The molecule has 0 aromatic carbocycles. The highest BCUT2D eigenvalue weighted by molar-refractivity contribution is 5.66. The van der Waals surface area contributed by atoms with Gasteiger partial charge in [0.05, 0.1) is 6.61 Å². The number of carbonyl (C=O) groups excluding carboxylic acids is 1. The van der Waals surface area contributed by atoms with E-state index in [2.05, 4.69) is 5.32 Å². The molecule has 5 nitrogen and oxygen atoms in total. The molecule has 1 amide bonds. The molecule has 0 fully saturated rings. The van der Waals surface area contributed by atoms with Crippen molar-refractivity contribution in [2.45, 2.75) is 6.42 Å². The van der Waals surface area contributed by atoms with Gasteiger partial charge in [0.2, 0.25) is 0 Å². The average molecular weight is 191 g/mol. The summed E-state index contributed by atoms with van der Waals surface area (Å²) in [6.45, 7) is 2.03. The van der Waals surface area contributed by atoms with Crippen LogP contribution in [0, 0.1) is 0 Å². The van der Waals surface area contributed by atoms with E-state index in [9.17, 15) is 4.79 Å². The normalized spacial score (nSPS) is 9.69. The van der Waals surface area contributed by atoms with E-state index in [-0.39, 0.29) is 6.61 Å². The first-order valence-electron chi connectivity index (χ1n) is 4.22. The fraction of sp³-hybridized carbons (Fsp3) is 0.875. The lowest BCUT2D eigenvalue weighted by atomic mass is 10.5. The summed E-state index contributed by atoms with van der Waals surface area (Å²) < 4.78 is 14.7. The second-order valence-corrected chi connectivity index (χ2v) is 2.34. The third-order valence-corrected chi connectivity index (χ3v) is 1.30. The number of hydrogen-bond acceptors (Lipinski definition) is 4. The number of nitrogens with one attached hydrogen (secondary N) is 1. The molecule has 5 heteroatoms. The van der Waals surface area contributed by atoms with Gasteiger partial charge in [0.15, 0.2) is 0 Å². The molecule has 0 unspecified atom stereocenters. The monoisotopic (exact) mass is 191 g/mol. The molecule has 13 heavy (non-hydrogen) atoms. The van der Waals surface area contributed by atoms with E-state index in [0.29, 0.717) is 19.8 Å². The number of methoxy groups -OCH3 is 1. The third-order valence-electron chi connectivity index (χ3n) is 1.30. The maximum Gasteiger partial charge on any atom is 0.406 e. The van der Waals surface area contributed by atoms with Crippen LogP contribution in [0.1, 0.15) is 6.42 Å². The number of amides is 1. The Labute approximate surface area is 78.3 Å². The lowest BCUT2D eigenvalue weighted by Crippen LogP contribution is -2.21. The van der Waals surface area contributed by atoms with Gasteiger partial charge in [0.1, 0.15) is 6.61 Å². The Hall–Kier alpha value is -0.810. The summed E-state index contributed by atoms with van der Waals surface area (Å²) in [4.78, 5) is 10.5. The molecule has 0 saturated carbocycles. The van der Waals surface area contributed by atoms with Crippen LogP contribution >= 0.6 is 0 Å². The molecule has 78 valence electrons. The average Bonchev–Trinajstić information content (AvgIpc) is 2.16. The van der Waals surface area contributed by atoms with Crippen molar-refractivity contribution in [3.63, 3.8) is 0 Å². The van der Waals surface area contributed by atoms with Crippen LogP contribution in [0.15, 0.2) is 0 Å². The molecule has 0 aliphatic carbocycles. The molecule has 0 aromatic heterocycles. The van der Waals surface area contributed by atoms with E-state index in [1.165, 1.54) is 7.05 Å². The molecule has 0 bridgehead atoms. The van der Waals surface area contributed by atoms with Crippen molar-refractivity contribution < 1.29 is 19.0 Å². The van der Waals surface area contributed by atoms with Crippen LogP contribution in [-0.2, 0) is 14.2 Å². The Morgan fingerprint density at radius 2 is 2.00 bits per heavy atom. The molecule has 0 aliphatic rings. The van der Waals surface area contributed by atoms with Crippen LogP contribution in [0.25, 0.3) is 0 Å². The summed E-state index contributed by atoms with van der Waals surface area (Å²) in [5.41, 5.74) is 0. The van der Waals surface area contributed by atoms with Crippen LogP contribution in [0.5, 0.6) is 0 Å². The van der Waals surface area contributed by atoms with E-state index in [1.54, 1.807) is 7.11 Å². The minimum Gasteiger partial charge on any atom is -0.447 e. The molecule has 0 aromatic rings. The maximum atomic E-state index is 10.5. The molecular weight excluding hydrogens is 174 g/mol. The molecular formula is C8H17NO4. The summed E-state index contributed by atoms with van der Waals surface area (Å²) in [6, 6.07) is 0. The molecule has 0 atom stereocenters. The largest absolute Gasteiger partial charge is 0.447 e. The van der Waals surface area contributed by atoms with Gasteiger partial charge in [-0.05, 0) is 6.42 Å². The Morgan fingerprint density at radius 3 is 2.62 bits per heavy atom. The van der Waals surface area contributed by atoms with Gasteiger partial charge < -0.3 is 19.5 Å². The predicted molar refractivity (Wildman–Crippen MR) is 47.7 cm³/mol. The summed E-state index contributed by atoms with van der Waals surface area (Å²) in [7, 11) is 3.16. The highest BCUT2D eigenvalue weighted by Gasteiger charge is 1.95. The zero-order chi connectivity index (χ0) is 9.94. The van der Waals surface area contributed by atoms with Gasteiger partial charge in [0, 0.05) is 27.4 Å². The van der Waals surface area contributed by atoms with Crippen LogP contribution < -0.4 is 5.32 Å². The van der Waals surface area contributed by atoms with Gasteiger partial charge >= 0.3 is 6.09 Å². The fourth-order valence-corrected chi connectivity index (χ4v) is 0.673. The van der Waals surface area contributed by atoms with Crippen LogP contribution in [0.4, 0.5) is 4.79 Å². The minimum atomic E-state index is -0.430. The SMILES string of the molecule is CNC(=O)OCCOCCCOC. The van der Waals surface area contributed by atoms with Crippen LogP contribution in [-0.4, -0.2) is 46.7 Å². The second-order valence-electron chi connectivity index (χ2n) is 2.34. The quantitative estimate of drug-likeness (QED) is 0.592. The van der Waals surface area contributed by atoms with Crippen molar-refractivity contribution in [1.82, 2.24) is 5.32 Å². The molecule has 1 N–H and O–H groups in total. The summed E-state index contributed by atoms with van der Waals surface area (Å²) in [5, 5.41) is 2.34. The van der Waals surface area contributed by atoms with E-state index < -0.39 is 6.09 Å². The van der Waals surface area contributed by atoms with Gasteiger partial charge in [-0.15, -0.1) is 0 Å². The lowest BCUT2D eigenvalue weighted by Gasteiger charge is -2.04. The van der Waals surface area contributed by atoms with Crippen molar-refractivity contribution in [2.75, 3.05) is 40.6 Å². The van der Waals surface area contributed by atoms with Crippen molar-refractivity contribution in [3.8, 4) is 0 Å². The minimum absolute atomic E-state index is 0.284. The first-order chi connectivity index (χ1) is 6.31. The molecule has 0 saturated heterocycles. The van der Waals surface area contributed by atoms with Crippen molar-refractivity contribution in [3.05, 3.63) is 0 Å². The molecule has 0 rings (SSSR count). The van der Waals surface area contributed by atoms with E-state index in [0.717, 1.165) is 6.42 Å². The lowest BCUT2D eigenvalue weighted by molar-refractivity contribution is 0.0621. The first kappa shape index (κ1) is 12.2. The predicted octanol–water partition coefficient (Wildman–Crippen LogP) is 0.395. The number of rotatable bonds is 7. The summed E-state index contributed by atoms with van der Waals surface area (Å²) in [5.74, 6) is 0. The Bertz CT molecular complexity index is 129. The van der Waals surface area contributed by atoms with Crippen molar-refractivity contribution in [2.24, 2.45) is 0 Å². The van der Waals surface area contributed by atoms with Crippen molar-refractivity contribution in [1.29, 1.82) is 0 Å². The van der Waals surface area contributed by atoms with Gasteiger partial charge in [-0.1, -0.05) is 0 Å². The van der Waals surface area contributed by atoms with E-state index >= 15 is 0 Å². The van der Waals surface area contributed by atoms with Gasteiger partial charge in [-0.25, -0.2) is 4.79 Å². The van der Waals surface area contributed by atoms with E-state index in [1.807, 2.05) is 0 Å². The first-order valence-corrected chi connectivity index (χ1v) is 4.22. The summed E-state index contributed by atoms with van der Waals surface area (Å²) >= 11 is 0. The molecule has 0 spiro atoms. The van der Waals surface area contributed by atoms with Crippen molar-refractivity contribution >= 4 is 6.09 Å². The Balaban J connectivity index is 2.95. The van der Waals surface area contributed by atoms with Gasteiger partial charge in [0.25, 0.3) is 0 Å². The maximum absolute atomic E-state index is 10.5. The van der Waals surface area contributed by atoms with Crippen LogP contribution in [0.3, 0.4) is 0 Å². The molecule has 0 aliphatic heterocycles. The number of ether oxygens (including phenoxy) is 3. The smallest absolute Gasteiger partial charge is 0.406 e. The Morgan fingerprint density at radius 1 is 1.23 bits per heavy atom. The highest BCUT2D eigenvalue weighted by Crippen LogP contribution is 1.84.